The van der Waals surface area contributed by atoms with Crippen LogP contribution in [-0.2, 0) is 14.6 Å². The van der Waals surface area contributed by atoms with E-state index in [1.165, 1.54) is 13.0 Å². The van der Waals surface area contributed by atoms with Crippen LogP contribution < -0.4 is 0 Å². The normalized spacial score (nSPS) is 20.4. The quantitative estimate of drug-likeness (QED) is 0.463. The first-order valence-electron chi connectivity index (χ1n) is 12.1. The number of carboxylic acids is 1. The van der Waals surface area contributed by atoms with E-state index in [0.717, 1.165) is 6.26 Å². The van der Waals surface area contributed by atoms with Crippen LogP contribution in [0.5, 0.6) is 0 Å². The maximum absolute atomic E-state index is 15.1. The smallest absolute Gasteiger partial charge is 0.304 e. The molecule has 0 spiro atoms. The van der Waals surface area contributed by atoms with Crippen LogP contribution >= 0.6 is 11.6 Å². The van der Waals surface area contributed by atoms with Gasteiger partial charge in [-0.1, -0.05) is 24.6 Å². The lowest BCUT2D eigenvalue weighted by Gasteiger charge is -2.25. The number of hydrogen-bond acceptors (Lipinski definition) is 3. The first kappa shape index (κ1) is 20.0. The molecule has 176 valence electrons. The largest absolute Gasteiger partial charge is 0.481 e. The highest BCUT2D eigenvalue weighted by Gasteiger charge is 2.39. The van der Waals surface area contributed by atoms with E-state index in [2.05, 4.69) is 0 Å². The third kappa shape index (κ3) is 3.85. The number of carboxylic acid groups (broad SMARTS) is 1. The maximum atomic E-state index is 15.1. The van der Waals surface area contributed by atoms with Gasteiger partial charge < -0.3 is 9.67 Å². The van der Waals surface area contributed by atoms with Gasteiger partial charge in [0.15, 0.2) is 9.84 Å². The fourth-order valence-electron chi connectivity index (χ4n) is 5.41. The monoisotopic (exact) mass is 494 g/mol. The lowest BCUT2D eigenvalue weighted by Crippen LogP contribution is -2.16. The van der Waals surface area contributed by atoms with Crippen LogP contribution in [0, 0.1) is 19.7 Å². The highest BCUT2D eigenvalue weighted by atomic mass is 35.5. The summed E-state index contributed by atoms with van der Waals surface area (Å²) in [6.07, 6.45) is 1.30. The molecule has 3 atom stereocenters. The van der Waals surface area contributed by atoms with Crippen LogP contribution in [0.25, 0.3) is 10.9 Å². The van der Waals surface area contributed by atoms with Crippen LogP contribution in [0.3, 0.4) is 0 Å². The molecule has 1 N–H and O–H groups in total. The molecule has 0 aliphatic heterocycles. The van der Waals surface area contributed by atoms with Crippen molar-refractivity contribution in [3.63, 3.8) is 0 Å². The van der Waals surface area contributed by atoms with Gasteiger partial charge in [0.25, 0.3) is 0 Å². The van der Waals surface area contributed by atoms with Crippen LogP contribution in [0.4, 0.5) is 4.39 Å². The number of aliphatic carboxylic acids is 1. The lowest BCUT2D eigenvalue weighted by atomic mass is 9.97. The van der Waals surface area contributed by atoms with Crippen molar-refractivity contribution in [2.45, 2.75) is 63.3 Å². The molecule has 0 saturated carbocycles. The maximum Gasteiger partial charge on any atom is 0.304 e. The third-order valence-corrected chi connectivity index (χ3v) is 8.06. The molecule has 0 saturated heterocycles. The molecule has 2 unspecified atom stereocenters. The molecule has 0 amide bonds. The second-order valence-corrected chi connectivity index (χ2v) is 11.3. The van der Waals surface area contributed by atoms with Crippen molar-refractivity contribution < 1.29 is 26.8 Å². The minimum Gasteiger partial charge on any atom is -0.481 e. The summed E-state index contributed by atoms with van der Waals surface area (Å²) in [4.78, 5) is 11.6. The van der Waals surface area contributed by atoms with Gasteiger partial charge in [-0.2, -0.15) is 0 Å². The van der Waals surface area contributed by atoms with Gasteiger partial charge >= 0.3 is 5.97 Å². The molecule has 33 heavy (non-hydrogen) atoms. The number of sulfone groups is 1. The topological polar surface area (TPSA) is 76.4 Å². The Kier molecular flexibility index (Phi) is 4.94. The Morgan fingerprint density at radius 3 is 2.67 bits per heavy atom. The second kappa shape index (κ2) is 8.13. The van der Waals surface area contributed by atoms with E-state index in [1.807, 2.05) is 6.92 Å². The summed E-state index contributed by atoms with van der Waals surface area (Å²) < 4.78 is 68.0. The summed E-state index contributed by atoms with van der Waals surface area (Å²) >= 11 is 6.11. The van der Waals surface area contributed by atoms with Gasteiger partial charge in [0.05, 0.1) is 27.0 Å². The molecule has 1 aromatic heterocycles. The number of fused-ring (bicyclic) bond motifs is 3. The molecule has 1 heterocycles. The van der Waals surface area contributed by atoms with Crippen molar-refractivity contribution in [3.8, 4) is 0 Å². The number of nitrogens with zero attached hydrogens (tertiary/aromatic N) is 1. The SMILES string of the molecule is [2H]c1c([2H])c(C(C)n2c3c(c4cc(F)c(C)c(S(C)(=O)=O)c42)C(C)C[C@@H]3CC(=O)O)c(C)c([2H])c1Cl. The average molecular weight is 495 g/mol. The van der Waals surface area contributed by atoms with E-state index in [1.54, 1.807) is 18.4 Å². The Morgan fingerprint density at radius 2 is 2.06 bits per heavy atom. The summed E-state index contributed by atoms with van der Waals surface area (Å²) in [5, 5.41) is 9.86. The molecule has 4 rings (SSSR count). The molecule has 3 aromatic rings. The van der Waals surface area contributed by atoms with Gasteiger partial charge in [-0.15, -0.1) is 0 Å². The summed E-state index contributed by atoms with van der Waals surface area (Å²) in [5.74, 6) is -2.31. The molecule has 1 aliphatic carbocycles. The van der Waals surface area contributed by atoms with Gasteiger partial charge in [0, 0.05) is 33.8 Å². The Hall–Kier alpha value is -2.38. The molecular weight excluding hydrogens is 465 g/mol. The second-order valence-electron chi connectivity index (χ2n) is 8.98. The number of rotatable bonds is 5. The van der Waals surface area contributed by atoms with E-state index < -0.39 is 33.6 Å². The molecular formula is C25H27ClFNO4S. The van der Waals surface area contributed by atoms with Crippen LogP contribution in [-0.4, -0.2) is 30.3 Å². The Balaban J connectivity index is 2.23. The highest BCUT2D eigenvalue weighted by Crippen LogP contribution is 2.51. The number of carbonyl (C=O) groups is 1. The van der Waals surface area contributed by atoms with Gasteiger partial charge in [-0.25, -0.2) is 12.8 Å². The van der Waals surface area contributed by atoms with Crippen LogP contribution in [0.15, 0.2) is 29.1 Å². The lowest BCUT2D eigenvalue weighted by molar-refractivity contribution is -0.137. The third-order valence-electron chi connectivity index (χ3n) is 6.63. The summed E-state index contributed by atoms with van der Waals surface area (Å²) in [5.41, 5.74) is 2.17. The van der Waals surface area contributed by atoms with E-state index in [4.69, 9.17) is 15.7 Å². The Bertz CT molecular complexity index is 1540. The number of hydrogen-bond donors (Lipinski definition) is 1. The Morgan fingerprint density at radius 1 is 1.39 bits per heavy atom. The van der Waals surface area contributed by atoms with Gasteiger partial charge in [0.2, 0.25) is 0 Å². The van der Waals surface area contributed by atoms with E-state index in [0.29, 0.717) is 34.2 Å². The van der Waals surface area contributed by atoms with Gasteiger partial charge in [-0.05, 0) is 68.0 Å². The summed E-state index contributed by atoms with van der Waals surface area (Å²) in [6, 6.07) is -0.0707. The molecule has 0 radical (unpaired) electrons. The Labute approximate surface area is 202 Å². The zero-order chi connectivity index (χ0) is 27.0. The van der Waals surface area contributed by atoms with E-state index in [-0.39, 0.29) is 51.5 Å². The first-order chi connectivity index (χ1) is 16.6. The fourth-order valence-corrected chi connectivity index (χ4v) is 6.81. The zero-order valence-electron chi connectivity index (χ0n) is 22.0. The molecule has 5 nitrogen and oxygen atoms in total. The highest BCUT2D eigenvalue weighted by molar-refractivity contribution is 7.91. The molecule has 1 aliphatic rings. The van der Waals surface area contributed by atoms with Crippen molar-refractivity contribution in [1.82, 2.24) is 4.57 Å². The summed E-state index contributed by atoms with van der Waals surface area (Å²) in [7, 11) is -3.93. The van der Waals surface area contributed by atoms with Crippen molar-refractivity contribution >= 4 is 38.3 Å². The van der Waals surface area contributed by atoms with E-state index >= 15 is 4.39 Å². The van der Waals surface area contributed by atoms with Gasteiger partial charge in [-0.3, -0.25) is 4.79 Å². The minimum atomic E-state index is -3.93. The zero-order valence-corrected chi connectivity index (χ0v) is 20.6. The fraction of sp³-hybridized carbons (Fsp3) is 0.400. The average Bonchev–Trinajstić information content (AvgIpc) is 3.25. The van der Waals surface area contributed by atoms with Crippen LogP contribution in [0.1, 0.15) is 76.6 Å². The van der Waals surface area contributed by atoms with Crippen molar-refractivity contribution in [1.29, 1.82) is 0 Å². The molecule has 2 aromatic carbocycles. The van der Waals surface area contributed by atoms with Gasteiger partial charge in [0.1, 0.15) is 5.82 Å². The minimum absolute atomic E-state index is 0.0432. The van der Waals surface area contributed by atoms with E-state index in [9.17, 15) is 18.3 Å². The predicted molar refractivity (Wildman–Crippen MR) is 128 cm³/mol. The molecule has 0 fully saturated rings. The number of aromatic nitrogens is 1. The number of halogens is 2. The van der Waals surface area contributed by atoms with Crippen LogP contribution in [0.2, 0.25) is 5.02 Å². The number of benzene rings is 2. The molecule has 0 bridgehead atoms. The first-order valence-corrected chi connectivity index (χ1v) is 12.9. The molecule has 8 heteroatoms. The predicted octanol–water partition coefficient (Wildman–Crippen LogP) is 6.13. The van der Waals surface area contributed by atoms with Crippen molar-refractivity contribution in [2.75, 3.05) is 6.26 Å². The standard InChI is InChI=1S/C25H27ClFNO4S/c1-12-9-17(26)6-7-18(12)15(4)28-23-16(10-21(29)30)8-13(2)22(23)19-11-20(27)14(3)25(24(19)28)33(5,31)32/h6-7,9,11,13,15-16H,8,10H2,1-5H3,(H,29,30)/t13?,15?,16-/m1/s1/i6D,7D,9D. The van der Waals surface area contributed by atoms with Crippen molar-refractivity contribution in [2.24, 2.45) is 0 Å². The summed E-state index contributed by atoms with van der Waals surface area (Å²) in [6.45, 7) is 6.63. The van der Waals surface area contributed by atoms with Crippen molar-refractivity contribution in [3.05, 3.63) is 63.0 Å².